The van der Waals surface area contributed by atoms with Gasteiger partial charge in [0.15, 0.2) is 0 Å². The molecule has 100 valence electrons. The molecule has 0 N–H and O–H groups in total. The van der Waals surface area contributed by atoms with Crippen LogP contribution in [0.5, 0.6) is 0 Å². The number of hydrogen-bond donors (Lipinski definition) is 0. The molecule has 18 heavy (non-hydrogen) atoms. The molecular formula is C14H22ClN3. The number of piperazine rings is 1. The summed E-state index contributed by atoms with van der Waals surface area (Å²) in [6.07, 6.45) is 3.75. The van der Waals surface area contributed by atoms with E-state index in [0.29, 0.717) is 5.88 Å². The second kappa shape index (κ2) is 5.45. The lowest BCUT2D eigenvalue weighted by atomic mass is 10.0. The number of hydrogen-bond acceptors (Lipinski definition) is 3. The summed E-state index contributed by atoms with van der Waals surface area (Å²) >= 11 is 5.99. The zero-order valence-corrected chi connectivity index (χ0v) is 12.2. The van der Waals surface area contributed by atoms with Crippen LogP contribution >= 0.6 is 11.6 Å². The summed E-state index contributed by atoms with van der Waals surface area (Å²) in [7, 11) is 0. The van der Waals surface area contributed by atoms with Crippen molar-refractivity contribution in [1.82, 2.24) is 9.88 Å². The summed E-state index contributed by atoms with van der Waals surface area (Å²) < 4.78 is 0. The fraction of sp³-hybridized carbons (Fsp3) is 0.643. The molecule has 0 bridgehead atoms. The van der Waals surface area contributed by atoms with Crippen molar-refractivity contribution in [3.05, 3.63) is 24.0 Å². The normalized spacial score (nSPS) is 18.1. The van der Waals surface area contributed by atoms with Crippen LogP contribution in [0, 0.1) is 0 Å². The van der Waals surface area contributed by atoms with E-state index in [1.54, 1.807) is 0 Å². The van der Waals surface area contributed by atoms with Crippen molar-refractivity contribution in [2.45, 2.75) is 32.2 Å². The van der Waals surface area contributed by atoms with E-state index in [-0.39, 0.29) is 5.54 Å². The van der Waals surface area contributed by atoms with E-state index in [0.717, 1.165) is 26.2 Å². The van der Waals surface area contributed by atoms with Crippen molar-refractivity contribution in [3.63, 3.8) is 0 Å². The molecule has 0 amide bonds. The van der Waals surface area contributed by atoms with E-state index >= 15 is 0 Å². The zero-order chi connectivity index (χ0) is 13.2. The van der Waals surface area contributed by atoms with Crippen LogP contribution in [0.25, 0.3) is 0 Å². The standard InChI is InChI=1S/C14H22ClN3/c1-14(2,3)18-8-6-17(7-9-18)13-11-16-5-4-12(13)10-15/h4-5,11H,6-10H2,1-3H3. The Morgan fingerprint density at radius 2 is 1.89 bits per heavy atom. The SMILES string of the molecule is CC(C)(C)N1CCN(c2cnccc2CCl)CC1. The number of pyridine rings is 1. The minimum absolute atomic E-state index is 0.260. The Hall–Kier alpha value is -0.800. The van der Waals surface area contributed by atoms with Crippen molar-refractivity contribution in [3.8, 4) is 0 Å². The molecule has 0 saturated carbocycles. The number of anilines is 1. The first kappa shape index (κ1) is 13.6. The third-order valence-electron chi connectivity index (χ3n) is 3.60. The van der Waals surface area contributed by atoms with Gasteiger partial charge in [-0.2, -0.15) is 0 Å². The molecule has 2 rings (SSSR count). The molecule has 0 aromatic carbocycles. The number of aromatic nitrogens is 1. The lowest BCUT2D eigenvalue weighted by Crippen LogP contribution is -2.53. The van der Waals surface area contributed by atoms with Crippen LogP contribution in [-0.4, -0.2) is 41.6 Å². The van der Waals surface area contributed by atoms with Gasteiger partial charge in [-0.1, -0.05) is 0 Å². The molecule has 4 heteroatoms. The first-order valence-electron chi connectivity index (χ1n) is 6.51. The lowest BCUT2D eigenvalue weighted by Gasteiger charge is -2.43. The maximum atomic E-state index is 5.99. The molecule has 1 aromatic rings. The average molecular weight is 268 g/mol. The predicted octanol–water partition coefficient (Wildman–Crippen LogP) is 2.74. The topological polar surface area (TPSA) is 19.4 Å². The van der Waals surface area contributed by atoms with Crippen molar-refractivity contribution in [1.29, 1.82) is 0 Å². The summed E-state index contributed by atoms with van der Waals surface area (Å²) in [4.78, 5) is 9.15. The molecule has 0 unspecified atom stereocenters. The van der Waals surface area contributed by atoms with Gasteiger partial charge in [-0.25, -0.2) is 0 Å². The van der Waals surface area contributed by atoms with Crippen LogP contribution in [0.1, 0.15) is 26.3 Å². The second-order valence-corrected chi connectivity index (χ2v) is 6.05. The second-order valence-electron chi connectivity index (χ2n) is 5.78. The monoisotopic (exact) mass is 267 g/mol. The zero-order valence-electron chi connectivity index (χ0n) is 11.5. The number of rotatable bonds is 2. The third kappa shape index (κ3) is 2.96. The lowest BCUT2D eigenvalue weighted by molar-refractivity contribution is 0.128. The highest BCUT2D eigenvalue weighted by Gasteiger charge is 2.26. The fourth-order valence-corrected chi connectivity index (χ4v) is 2.66. The number of halogens is 1. The molecule has 0 spiro atoms. The fourth-order valence-electron chi connectivity index (χ4n) is 2.43. The van der Waals surface area contributed by atoms with Gasteiger partial charge in [0.2, 0.25) is 0 Å². The van der Waals surface area contributed by atoms with Gasteiger partial charge in [0.1, 0.15) is 0 Å². The summed E-state index contributed by atoms with van der Waals surface area (Å²) in [5.74, 6) is 0.553. The van der Waals surface area contributed by atoms with Crippen molar-refractivity contribution >= 4 is 17.3 Å². The molecule has 3 nitrogen and oxygen atoms in total. The van der Waals surface area contributed by atoms with Gasteiger partial charge in [0.05, 0.1) is 11.9 Å². The first-order chi connectivity index (χ1) is 8.52. The molecule has 1 aliphatic rings. The van der Waals surface area contributed by atoms with Crippen molar-refractivity contribution in [2.24, 2.45) is 0 Å². The highest BCUT2D eigenvalue weighted by atomic mass is 35.5. The Labute approximate surface area is 115 Å². The summed E-state index contributed by atoms with van der Waals surface area (Å²) in [6, 6.07) is 2.01. The maximum Gasteiger partial charge on any atom is 0.0598 e. The van der Waals surface area contributed by atoms with Crippen LogP contribution in [0.2, 0.25) is 0 Å². The highest BCUT2D eigenvalue weighted by molar-refractivity contribution is 6.17. The van der Waals surface area contributed by atoms with E-state index < -0.39 is 0 Å². The van der Waals surface area contributed by atoms with E-state index in [2.05, 4.69) is 35.6 Å². The maximum absolute atomic E-state index is 5.99. The van der Waals surface area contributed by atoms with Crippen LogP contribution in [0.15, 0.2) is 18.5 Å². The Morgan fingerprint density at radius 3 is 2.44 bits per heavy atom. The average Bonchev–Trinajstić information content (AvgIpc) is 2.38. The number of alkyl halides is 1. The van der Waals surface area contributed by atoms with Gasteiger partial charge < -0.3 is 4.90 Å². The summed E-state index contributed by atoms with van der Waals surface area (Å²) in [5.41, 5.74) is 2.63. The molecule has 0 radical (unpaired) electrons. The van der Waals surface area contributed by atoms with Crippen molar-refractivity contribution in [2.75, 3.05) is 31.1 Å². The van der Waals surface area contributed by atoms with Crippen LogP contribution < -0.4 is 4.90 Å². The highest BCUT2D eigenvalue weighted by Crippen LogP contribution is 2.24. The Morgan fingerprint density at radius 1 is 1.22 bits per heavy atom. The van der Waals surface area contributed by atoms with Gasteiger partial charge >= 0.3 is 0 Å². The van der Waals surface area contributed by atoms with Gasteiger partial charge in [0.25, 0.3) is 0 Å². The molecule has 1 fully saturated rings. The molecule has 0 aliphatic carbocycles. The summed E-state index contributed by atoms with van der Waals surface area (Å²) in [6.45, 7) is 11.1. The largest absolute Gasteiger partial charge is 0.367 e. The van der Waals surface area contributed by atoms with E-state index in [4.69, 9.17) is 11.6 Å². The third-order valence-corrected chi connectivity index (χ3v) is 3.89. The Bertz CT molecular complexity index is 392. The minimum Gasteiger partial charge on any atom is -0.367 e. The van der Waals surface area contributed by atoms with Gasteiger partial charge in [-0.3, -0.25) is 9.88 Å². The van der Waals surface area contributed by atoms with Crippen LogP contribution in [0.4, 0.5) is 5.69 Å². The first-order valence-corrected chi connectivity index (χ1v) is 7.04. The smallest absolute Gasteiger partial charge is 0.0598 e. The van der Waals surface area contributed by atoms with Gasteiger partial charge in [-0.05, 0) is 32.4 Å². The quantitative estimate of drug-likeness (QED) is 0.768. The molecule has 0 atom stereocenters. The molecule has 1 aromatic heterocycles. The van der Waals surface area contributed by atoms with E-state index in [1.165, 1.54) is 11.3 Å². The Kier molecular flexibility index (Phi) is 4.13. The van der Waals surface area contributed by atoms with E-state index in [9.17, 15) is 0 Å². The van der Waals surface area contributed by atoms with E-state index in [1.807, 2.05) is 18.5 Å². The number of nitrogens with zero attached hydrogens (tertiary/aromatic N) is 3. The predicted molar refractivity (Wildman–Crippen MR) is 77.3 cm³/mol. The Balaban J connectivity index is 2.06. The minimum atomic E-state index is 0.260. The summed E-state index contributed by atoms with van der Waals surface area (Å²) in [5, 5.41) is 0. The van der Waals surface area contributed by atoms with Crippen molar-refractivity contribution < 1.29 is 0 Å². The van der Waals surface area contributed by atoms with Crippen LogP contribution in [-0.2, 0) is 5.88 Å². The molecule has 1 aliphatic heterocycles. The van der Waals surface area contributed by atoms with Crippen LogP contribution in [0.3, 0.4) is 0 Å². The van der Waals surface area contributed by atoms with Gasteiger partial charge in [-0.15, -0.1) is 11.6 Å². The molecular weight excluding hydrogens is 246 g/mol. The molecule has 2 heterocycles. The van der Waals surface area contributed by atoms with Gasteiger partial charge in [0, 0.05) is 43.8 Å². The molecule has 1 saturated heterocycles.